The summed E-state index contributed by atoms with van der Waals surface area (Å²) in [7, 11) is 5.61. The van der Waals surface area contributed by atoms with Crippen molar-refractivity contribution < 1.29 is 0 Å². The van der Waals surface area contributed by atoms with Crippen molar-refractivity contribution in [3.05, 3.63) is 21.3 Å². The molecule has 1 unspecified atom stereocenters. The maximum atomic E-state index is 11.8. The Kier molecular flexibility index (Phi) is 1.81. The lowest BCUT2D eigenvalue weighted by molar-refractivity contribution is 0.316. The monoisotopic (exact) mass is 220 g/mol. The van der Waals surface area contributed by atoms with Gasteiger partial charge in [0.1, 0.15) is 11.5 Å². The Morgan fingerprint density at radius 3 is 2.56 bits per heavy atom. The number of fused-ring (bicyclic) bond motifs is 1. The van der Waals surface area contributed by atoms with E-state index in [1.54, 1.807) is 23.2 Å². The van der Waals surface area contributed by atoms with Crippen molar-refractivity contribution in [3.8, 4) is 0 Å². The van der Waals surface area contributed by atoms with E-state index < -0.39 is 0 Å². The molecule has 1 aromatic rings. The fraction of sp³-hybridized carbons (Fsp3) is 0.636. The standard InChI is InChI=1S/C11H16N4O/c1-13-6-8-10(12-9(13)7-4-5-7)15(3)11(16)14(8)2/h6-7,9H,4-5H2,1-3H3. The van der Waals surface area contributed by atoms with Crippen molar-refractivity contribution in [1.29, 1.82) is 0 Å². The summed E-state index contributed by atoms with van der Waals surface area (Å²) < 4.78 is 3.28. The molecule has 0 spiro atoms. The summed E-state index contributed by atoms with van der Waals surface area (Å²) in [6, 6.07) is 0. The second-order valence-electron chi connectivity index (χ2n) is 4.78. The topological polar surface area (TPSA) is 42.5 Å². The lowest BCUT2D eigenvalue weighted by atomic mass is 10.3. The van der Waals surface area contributed by atoms with Gasteiger partial charge in [0, 0.05) is 27.3 Å². The molecule has 1 atom stereocenters. The van der Waals surface area contributed by atoms with Gasteiger partial charge in [0.2, 0.25) is 0 Å². The summed E-state index contributed by atoms with van der Waals surface area (Å²) in [5.41, 5.74) is 0.817. The van der Waals surface area contributed by atoms with Crippen LogP contribution in [0.15, 0.2) is 9.79 Å². The molecule has 2 aliphatic rings. The molecule has 0 aromatic carbocycles. The van der Waals surface area contributed by atoms with Crippen molar-refractivity contribution in [2.75, 3.05) is 7.05 Å². The minimum absolute atomic E-state index is 0.00477. The Labute approximate surface area is 93.3 Å². The van der Waals surface area contributed by atoms with Crippen LogP contribution >= 0.6 is 0 Å². The van der Waals surface area contributed by atoms with E-state index in [2.05, 4.69) is 4.90 Å². The minimum atomic E-state index is -0.00477. The van der Waals surface area contributed by atoms with Crippen molar-refractivity contribution in [1.82, 2.24) is 14.0 Å². The van der Waals surface area contributed by atoms with Crippen LogP contribution in [-0.2, 0) is 14.1 Å². The second-order valence-corrected chi connectivity index (χ2v) is 4.78. The average Bonchev–Trinajstić information content (AvgIpc) is 3.06. The molecule has 86 valence electrons. The smallest absolute Gasteiger partial charge is 0.329 e. The normalized spacial score (nSPS) is 23.7. The van der Waals surface area contributed by atoms with Crippen LogP contribution in [0.5, 0.6) is 0 Å². The van der Waals surface area contributed by atoms with Gasteiger partial charge in [0.25, 0.3) is 0 Å². The zero-order valence-corrected chi connectivity index (χ0v) is 9.84. The molecule has 1 aromatic heterocycles. The first-order valence-corrected chi connectivity index (χ1v) is 5.63. The predicted molar refractivity (Wildman–Crippen MR) is 60.2 cm³/mol. The first-order chi connectivity index (χ1) is 7.59. The van der Waals surface area contributed by atoms with Crippen LogP contribution in [0.4, 0.5) is 0 Å². The van der Waals surface area contributed by atoms with Gasteiger partial charge in [-0.1, -0.05) is 0 Å². The van der Waals surface area contributed by atoms with Crippen LogP contribution in [0.2, 0.25) is 0 Å². The number of rotatable bonds is 1. The van der Waals surface area contributed by atoms with E-state index in [9.17, 15) is 4.79 Å². The third-order valence-electron chi connectivity index (χ3n) is 3.52. The summed E-state index contributed by atoms with van der Waals surface area (Å²) >= 11 is 0. The first-order valence-electron chi connectivity index (χ1n) is 5.63. The Balaban J connectivity index is 2.29. The van der Waals surface area contributed by atoms with E-state index in [1.807, 2.05) is 13.2 Å². The van der Waals surface area contributed by atoms with Crippen LogP contribution in [0.1, 0.15) is 12.8 Å². The molecule has 1 saturated carbocycles. The summed E-state index contributed by atoms with van der Waals surface area (Å²) in [6.45, 7) is 0. The first kappa shape index (κ1) is 9.69. The summed E-state index contributed by atoms with van der Waals surface area (Å²) in [5, 5.41) is 0.909. The maximum Gasteiger partial charge on any atom is 0.329 e. The fourth-order valence-corrected chi connectivity index (χ4v) is 2.36. The van der Waals surface area contributed by atoms with E-state index in [0.29, 0.717) is 5.92 Å². The SMILES string of the molecule is CN1C=c2c(n(C)c(=O)n2C)=NC1C1CC1. The zero-order chi connectivity index (χ0) is 11.4. The molecule has 3 rings (SSSR count). The lowest BCUT2D eigenvalue weighted by Crippen LogP contribution is -2.44. The second kappa shape index (κ2) is 2.99. The van der Waals surface area contributed by atoms with Crippen molar-refractivity contribution >= 4 is 6.20 Å². The molecule has 5 heteroatoms. The lowest BCUT2D eigenvalue weighted by Gasteiger charge is -2.24. The average molecular weight is 220 g/mol. The molecule has 2 heterocycles. The Morgan fingerprint density at radius 1 is 1.25 bits per heavy atom. The molecule has 1 aliphatic heterocycles. The highest BCUT2D eigenvalue weighted by Crippen LogP contribution is 2.35. The molecule has 16 heavy (non-hydrogen) atoms. The van der Waals surface area contributed by atoms with Gasteiger partial charge in [0.15, 0.2) is 5.49 Å². The molecular formula is C11H16N4O. The third kappa shape index (κ3) is 1.17. The molecule has 0 N–H and O–H groups in total. The highest BCUT2D eigenvalue weighted by Gasteiger charge is 2.34. The van der Waals surface area contributed by atoms with Gasteiger partial charge in [-0.2, -0.15) is 0 Å². The molecule has 5 nitrogen and oxygen atoms in total. The summed E-state index contributed by atoms with van der Waals surface area (Å²) in [6.07, 6.45) is 4.76. The predicted octanol–water partition coefficient (Wildman–Crippen LogP) is -1.24. The van der Waals surface area contributed by atoms with Crippen LogP contribution in [0.3, 0.4) is 0 Å². The van der Waals surface area contributed by atoms with Gasteiger partial charge in [0.05, 0.1) is 0 Å². The molecule has 0 saturated heterocycles. The Hall–Kier alpha value is -1.52. The number of imidazole rings is 1. The molecule has 1 aliphatic carbocycles. The number of aromatic nitrogens is 2. The highest BCUT2D eigenvalue weighted by molar-refractivity contribution is 5.20. The van der Waals surface area contributed by atoms with E-state index in [1.165, 1.54) is 12.8 Å². The van der Waals surface area contributed by atoms with Crippen molar-refractivity contribution in [2.24, 2.45) is 25.0 Å². The molecule has 0 bridgehead atoms. The van der Waals surface area contributed by atoms with E-state index >= 15 is 0 Å². The summed E-state index contributed by atoms with van der Waals surface area (Å²) in [5.74, 6) is 0.671. The van der Waals surface area contributed by atoms with Crippen LogP contribution in [0.25, 0.3) is 6.20 Å². The van der Waals surface area contributed by atoms with Gasteiger partial charge < -0.3 is 4.90 Å². The largest absolute Gasteiger partial charge is 0.357 e. The molecular weight excluding hydrogens is 204 g/mol. The molecule has 0 radical (unpaired) electrons. The van der Waals surface area contributed by atoms with Crippen molar-refractivity contribution in [2.45, 2.75) is 19.0 Å². The highest BCUT2D eigenvalue weighted by atomic mass is 16.1. The maximum absolute atomic E-state index is 11.8. The number of hydrogen-bond acceptors (Lipinski definition) is 3. The molecule has 1 fully saturated rings. The van der Waals surface area contributed by atoms with E-state index in [0.717, 1.165) is 10.8 Å². The Bertz CT molecular complexity index is 605. The Morgan fingerprint density at radius 2 is 1.94 bits per heavy atom. The van der Waals surface area contributed by atoms with Gasteiger partial charge in [-0.05, 0) is 18.8 Å². The van der Waals surface area contributed by atoms with Gasteiger partial charge in [-0.25, -0.2) is 9.79 Å². The van der Waals surface area contributed by atoms with Crippen LogP contribution < -0.4 is 16.5 Å². The number of hydrogen-bond donors (Lipinski definition) is 0. The van der Waals surface area contributed by atoms with Crippen molar-refractivity contribution in [3.63, 3.8) is 0 Å². The third-order valence-corrected chi connectivity index (χ3v) is 3.52. The van der Waals surface area contributed by atoms with Crippen LogP contribution in [-0.4, -0.2) is 27.2 Å². The minimum Gasteiger partial charge on any atom is -0.357 e. The zero-order valence-electron chi connectivity index (χ0n) is 9.84. The van der Waals surface area contributed by atoms with Crippen LogP contribution in [0, 0.1) is 5.92 Å². The quantitative estimate of drug-likeness (QED) is 0.594. The fourth-order valence-electron chi connectivity index (χ4n) is 2.36. The van der Waals surface area contributed by atoms with E-state index in [-0.39, 0.29) is 11.9 Å². The van der Waals surface area contributed by atoms with Gasteiger partial charge in [-0.3, -0.25) is 9.13 Å². The van der Waals surface area contributed by atoms with Gasteiger partial charge in [-0.15, -0.1) is 0 Å². The summed E-state index contributed by atoms with van der Waals surface area (Å²) in [4.78, 5) is 18.6. The molecule has 0 amide bonds. The number of nitrogens with zero attached hydrogens (tertiary/aromatic N) is 4. The van der Waals surface area contributed by atoms with Gasteiger partial charge >= 0.3 is 5.69 Å². The van der Waals surface area contributed by atoms with E-state index in [4.69, 9.17) is 4.99 Å².